The topological polar surface area (TPSA) is 55.4 Å². The van der Waals surface area contributed by atoms with Gasteiger partial charge in [0.15, 0.2) is 0 Å². The highest BCUT2D eigenvalue weighted by Gasteiger charge is 2.19. The second kappa shape index (κ2) is 6.02. The molecule has 0 atom stereocenters. The average molecular weight is 269 g/mol. The van der Waals surface area contributed by atoms with Gasteiger partial charge in [-0.1, -0.05) is 26.0 Å². The van der Waals surface area contributed by atoms with Crippen LogP contribution in [0.2, 0.25) is 0 Å². The normalized spacial score (nSPS) is 11.6. The second-order valence-electron chi connectivity index (χ2n) is 4.21. The van der Waals surface area contributed by atoms with Gasteiger partial charge in [-0.15, -0.1) is 6.58 Å². The Kier molecular flexibility index (Phi) is 4.93. The first-order valence-corrected chi connectivity index (χ1v) is 7.19. The van der Waals surface area contributed by atoms with E-state index in [1.54, 1.807) is 12.1 Å². The molecule has 1 aromatic carbocycles. The predicted octanol–water partition coefficient (Wildman–Crippen LogP) is 2.28. The largest absolute Gasteiger partial charge is 0.495 e. The predicted molar refractivity (Wildman–Crippen MR) is 72.5 cm³/mol. The summed E-state index contributed by atoms with van der Waals surface area (Å²) in [5, 5.41) is 0. The lowest BCUT2D eigenvalue weighted by Gasteiger charge is -2.13. The Morgan fingerprint density at radius 2 is 2.11 bits per heavy atom. The molecular weight excluding hydrogens is 250 g/mol. The van der Waals surface area contributed by atoms with Gasteiger partial charge in [0.05, 0.1) is 7.11 Å². The van der Waals surface area contributed by atoms with Gasteiger partial charge in [0.1, 0.15) is 10.6 Å². The van der Waals surface area contributed by atoms with E-state index in [9.17, 15) is 8.42 Å². The minimum absolute atomic E-state index is 0.165. The van der Waals surface area contributed by atoms with Crippen LogP contribution in [0.4, 0.5) is 0 Å². The van der Waals surface area contributed by atoms with E-state index in [0.717, 1.165) is 5.56 Å². The van der Waals surface area contributed by atoms with Crippen LogP contribution in [0.5, 0.6) is 5.75 Å². The molecule has 0 unspecified atom stereocenters. The van der Waals surface area contributed by atoms with Crippen molar-refractivity contribution < 1.29 is 13.2 Å². The van der Waals surface area contributed by atoms with Crippen LogP contribution >= 0.6 is 0 Å². The molecule has 1 aromatic rings. The van der Waals surface area contributed by atoms with Crippen molar-refractivity contribution >= 4 is 10.0 Å². The molecule has 0 aromatic heterocycles. The zero-order valence-corrected chi connectivity index (χ0v) is 11.8. The lowest BCUT2D eigenvalue weighted by Crippen LogP contribution is -2.24. The van der Waals surface area contributed by atoms with Crippen molar-refractivity contribution in [3.63, 3.8) is 0 Å². The SMILES string of the molecule is C=CCNS(=O)(=O)c1cc(C(C)C)ccc1OC. The van der Waals surface area contributed by atoms with E-state index < -0.39 is 10.0 Å². The number of nitrogens with one attached hydrogen (secondary N) is 1. The molecule has 0 amide bonds. The molecule has 18 heavy (non-hydrogen) atoms. The van der Waals surface area contributed by atoms with Crippen molar-refractivity contribution in [3.8, 4) is 5.75 Å². The van der Waals surface area contributed by atoms with Crippen molar-refractivity contribution in [2.45, 2.75) is 24.7 Å². The first-order valence-electron chi connectivity index (χ1n) is 5.71. The van der Waals surface area contributed by atoms with Crippen LogP contribution in [0.15, 0.2) is 35.7 Å². The Balaban J connectivity index is 3.27. The van der Waals surface area contributed by atoms with Gasteiger partial charge in [0.2, 0.25) is 10.0 Å². The van der Waals surface area contributed by atoms with Crippen molar-refractivity contribution in [1.82, 2.24) is 4.72 Å². The number of benzene rings is 1. The summed E-state index contributed by atoms with van der Waals surface area (Å²) in [5.41, 5.74) is 0.953. The minimum Gasteiger partial charge on any atom is -0.495 e. The molecule has 0 saturated heterocycles. The van der Waals surface area contributed by atoms with Gasteiger partial charge in [0.25, 0.3) is 0 Å². The van der Waals surface area contributed by atoms with E-state index in [-0.39, 0.29) is 17.4 Å². The molecule has 0 heterocycles. The van der Waals surface area contributed by atoms with Crippen LogP contribution < -0.4 is 9.46 Å². The van der Waals surface area contributed by atoms with Crippen molar-refractivity contribution in [3.05, 3.63) is 36.4 Å². The van der Waals surface area contributed by atoms with Gasteiger partial charge < -0.3 is 4.74 Å². The molecule has 0 fully saturated rings. The highest BCUT2D eigenvalue weighted by atomic mass is 32.2. The summed E-state index contributed by atoms with van der Waals surface area (Å²) in [6, 6.07) is 5.20. The van der Waals surface area contributed by atoms with Crippen LogP contribution in [0, 0.1) is 0 Å². The molecule has 0 saturated carbocycles. The van der Waals surface area contributed by atoms with E-state index in [0.29, 0.717) is 5.75 Å². The fraction of sp³-hybridized carbons (Fsp3) is 0.385. The first kappa shape index (κ1) is 14.7. The van der Waals surface area contributed by atoms with Crippen molar-refractivity contribution in [1.29, 1.82) is 0 Å². The maximum Gasteiger partial charge on any atom is 0.244 e. The summed E-state index contributed by atoms with van der Waals surface area (Å²) in [6.45, 7) is 7.70. The molecule has 0 aliphatic carbocycles. The molecule has 100 valence electrons. The van der Waals surface area contributed by atoms with Crippen LogP contribution in [-0.2, 0) is 10.0 Å². The Labute approximate surface area is 109 Å². The standard InChI is InChI=1S/C13H19NO3S/c1-5-8-14-18(15,16)13-9-11(10(2)3)6-7-12(13)17-4/h5-7,9-10,14H,1,8H2,2-4H3. The minimum atomic E-state index is -3.57. The van der Waals surface area contributed by atoms with E-state index >= 15 is 0 Å². The fourth-order valence-corrected chi connectivity index (χ4v) is 2.71. The molecule has 1 N–H and O–H groups in total. The first-order chi connectivity index (χ1) is 8.42. The number of methoxy groups -OCH3 is 1. The Bertz CT molecular complexity index is 521. The van der Waals surface area contributed by atoms with Gasteiger partial charge >= 0.3 is 0 Å². The molecule has 0 aliphatic rings. The number of hydrogen-bond donors (Lipinski definition) is 1. The molecule has 4 nitrogen and oxygen atoms in total. The molecule has 5 heteroatoms. The Hall–Kier alpha value is -1.33. The zero-order chi connectivity index (χ0) is 13.8. The number of rotatable bonds is 6. The smallest absolute Gasteiger partial charge is 0.244 e. The van der Waals surface area contributed by atoms with E-state index in [1.165, 1.54) is 13.2 Å². The summed E-state index contributed by atoms with van der Waals surface area (Å²) in [6.07, 6.45) is 1.50. The van der Waals surface area contributed by atoms with Gasteiger partial charge in [-0.2, -0.15) is 0 Å². The average Bonchev–Trinajstić information content (AvgIpc) is 2.35. The molecule has 0 spiro atoms. The van der Waals surface area contributed by atoms with Crippen LogP contribution in [-0.4, -0.2) is 22.1 Å². The van der Waals surface area contributed by atoms with E-state index in [1.807, 2.05) is 19.9 Å². The van der Waals surface area contributed by atoms with Gasteiger partial charge in [0, 0.05) is 6.54 Å². The van der Waals surface area contributed by atoms with Crippen LogP contribution in [0.25, 0.3) is 0 Å². The zero-order valence-electron chi connectivity index (χ0n) is 10.9. The highest BCUT2D eigenvalue weighted by Crippen LogP contribution is 2.27. The van der Waals surface area contributed by atoms with Crippen molar-refractivity contribution in [2.75, 3.05) is 13.7 Å². The monoisotopic (exact) mass is 269 g/mol. The third-order valence-corrected chi connectivity index (χ3v) is 4.01. The lowest BCUT2D eigenvalue weighted by molar-refractivity contribution is 0.402. The van der Waals surface area contributed by atoms with Crippen LogP contribution in [0.3, 0.4) is 0 Å². The Morgan fingerprint density at radius 1 is 1.44 bits per heavy atom. The molecule has 0 aliphatic heterocycles. The summed E-state index contributed by atoms with van der Waals surface area (Å²) in [5.74, 6) is 0.597. The second-order valence-corrected chi connectivity index (χ2v) is 5.94. The van der Waals surface area contributed by atoms with Crippen molar-refractivity contribution in [2.24, 2.45) is 0 Å². The summed E-state index contributed by atoms with van der Waals surface area (Å²) >= 11 is 0. The molecule has 0 radical (unpaired) electrons. The quantitative estimate of drug-likeness (QED) is 0.806. The maximum atomic E-state index is 12.1. The Morgan fingerprint density at radius 3 is 2.61 bits per heavy atom. The fourth-order valence-electron chi connectivity index (χ4n) is 1.51. The number of ether oxygens (including phenoxy) is 1. The molecule has 1 rings (SSSR count). The van der Waals surface area contributed by atoms with E-state index in [4.69, 9.17) is 4.74 Å². The lowest BCUT2D eigenvalue weighted by atomic mass is 10.0. The summed E-state index contributed by atoms with van der Waals surface area (Å²) in [4.78, 5) is 0.165. The van der Waals surface area contributed by atoms with Gasteiger partial charge in [-0.05, 0) is 23.6 Å². The number of sulfonamides is 1. The van der Waals surface area contributed by atoms with Gasteiger partial charge in [-0.3, -0.25) is 0 Å². The number of hydrogen-bond acceptors (Lipinski definition) is 3. The van der Waals surface area contributed by atoms with Gasteiger partial charge in [-0.25, -0.2) is 13.1 Å². The van der Waals surface area contributed by atoms with E-state index in [2.05, 4.69) is 11.3 Å². The molecule has 0 bridgehead atoms. The summed E-state index contributed by atoms with van der Waals surface area (Å²) < 4.78 is 31.8. The third-order valence-electron chi connectivity index (χ3n) is 2.56. The van der Waals surface area contributed by atoms with Crippen LogP contribution in [0.1, 0.15) is 25.3 Å². The maximum absolute atomic E-state index is 12.1. The highest BCUT2D eigenvalue weighted by molar-refractivity contribution is 7.89. The third kappa shape index (κ3) is 3.34. The molecular formula is C13H19NO3S. The summed E-state index contributed by atoms with van der Waals surface area (Å²) in [7, 11) is -2.11.